The number of pyridine rings is 1. The molecule has 0 fully saturated rings. The number of ether oxygens (including phenoxy) is 1. The van der Waals surface area contributed by atoms with Crippen LogP contribution in [-0.4, -0.2) is 17.0 Å². The summed E-state index contributed by atoms with van der Waals surface area (Å²) in [6.45, 7) is 0. The van der Waals surface area contributed by atoms with Gasteiger partial charge in [-0.15, -0.1) is 0 Å². The van der Waals surface area contributed by atoms with Gasteiger partial charge in [0, 0.05) is 12.1 Å². The Morgan fingerprint density at radius 3 is 2.83 bits per heavy atom. The third-order valence-corrected chi connectivity index (χ3v) is 1.20. The molecule has 0 N–H and O–H groups in total. The molecule has 0 aliphatic carbocycles. The van der Waals surface area contributed by atoms with Gasteiger partial charge in [0.25, 0.3) is 5.88 Å². The van der Waals surface area contributed by atoms with Gasteiger partial charge in [-0.1, -0.05) is 0 Å². The van der Waals surface area contributed by atoms with Crippen molar-refractivity contribution in [3.63, 3.8) is 0 Å². The van der Waals surface area contributed by atoms with Crippen LogP contribution in [0.25, 0.3) is 0 Å². The highest BCUT2D eigenvalue weighted by molar-refractivity contribution is 5.39. The molecule has 0 saturated heterocycles. The first-order chi connectivity index (χ1) is 5.65. The third kappa shape index (κ3) is 1.47. The van der Waals surface area contributed by atoms with Crippen molar-refractivity contribution >= 4 is 5.69 Å². The predicted octanol–water partition coefficient (Wildman–Crippen LogP) is 1.14. The van der Waals surface area contributed by atoms with Gasteiger partial charge in [0.15, 0.2) is 0 Å². The summed E-state index contributed by atoms with van der Waals surface area (Å²) in [7, 11) is 1.19. The molecule has 1 aromatic heterocycles. The van der Waals surface area contributed by atoms with Crippen molar-refractivity contribution in [3.8, 4) is 5.88 Å². The Hall–Kier alpha value is -1.72. The number of halogens is 1. The molecule has 5 nitrogen and oxygen atoms in total. The van der Waals surface area contributed by atoms with Gasteiger partial charge in [-0.3, -0.25) is 10.1 Å². The van der Waals surface area contributed by atoms with Gasteiger partial charge in [-0.25, -0.2) is 0 Å². The topological polar surface area (TPSA) is 65.3 Å². The monoisotopic (exact) mass is 172 g/mol. The average molecular weight is 172 g/mol. The van der Waals surface area contributed by atoms with Crippen LogP contribution < -0.4 is 4.74 Å². The Kier molecular flexibility index (Phi) is 2.18. The number of aromatic nitrogens is 1. The highest BCUT2D eigenvalue weighted by Gasteiger charge is 2.16. The zero-order valence-electron chi connectivity index (χ0n) is 6.15. The smallest absolute Gasteiger partial charge is 0.331 e. The normalized spacial score (nSPS) is 9.50. The largest absolute Gasteiger partial charge is 0.476 e. The summed E-state index contributed by atoms with van der Waals surface area (Å²) in [4.78, 5) is 12.7. The molecule has 64 valence electrons. The van der Waals surface area contributed by atoms with Gasteiger partial charge in [0.1, 0.15) is 0 Å². The molecule has 0 radical (unpaired) electrons. The second-order valence-electron chi connectivity index (χ2n) is 1.92. The van der Waals surface area contributed by atoms with E-state index in [1.165, 1.54) is 7.11 Å². The van der Waals surface area contributed by atoms with E-state index < -0.39 is 10.9 Å². The molecule has 12 heavy (non-hydrogen) atoms. The first-order valence-corrected chi connectivity index (χ1v) is 3.00. The SMILES string of the molecule is COc1nc(F)ccc1[N+](=O)[O-]. The van der Waals surface area contributed by atoms with E-state index in [1.807, 2.05) is 0 Å². The van der Waals surface area contributed by atoms with E-state index in [1.54, 1.807) is 0 Å². The molecule has 0 aliphatic heterocycles. The number of nitro groups is 1. The first kappa shape index (κ1) is 8.38. The molecule has 0 aliphatic rings. The zero-order valence-corrected chi connectivity index (χ0v) is 6.15. The summed E-state index contributed by atoms with van der Waals surface area (Å²) in [5.74, 6) is -1.13. The molecule has 0 bridgehead atoms. The molecule has 0 spiro atoms. The lowest BCUT2D eigenvalue weighted by Crippen LogP contribution is -1.97. The Morgan fingerprint density at radius 2 is 2.33 bits per heavy atom. The van der Waals surface area contributed by atoms with E-state index in [4.69, 9.17) is 0 Å². The number of hydrogen-bond donors (Lipinski definition) is 0. The summed E-state index contributed by atoms with van der Waals surface area (Å²) >= 11 is 0. The molecule has 1 aromatic rings. The summed E-state index contributed by atoms with van der Waals surface area (Å²) in [6, 6.07) is 1.90. The van der Waals surface area contributed by atoms with Crippen LogP contribution in [0.5, 0.6) is 5.88 Å². The fraction of sp³-hybridized carbons (Fsp3) is 0.167. The zero-order chi connectivity index (χ0) is 9.14. The average Bonchev–Trinajstić information content (AvgIpc) is 2.03. The molecular formula is C6H5FN2O3. The summed E-state index contributed by atoms with van der Waals surface area (Å²) in [5.41, 5.74) is -0.348. The van der Waals surface area contributed by atoms with E-state index in [2.05, 4.69) is 9.72 Å². The Bertz CT molecular complexity index is 316. The second kappa shape index (κ2) is 3.12. The molecule has 1 heterocycles. The molecule has 1 rings (SSSR count). The highest BCUT2D eigenvalue weighted by Crippen LogP contribution is 2.22. The maximum absolute atomic E-state index is 12.4. The van der Waals surface area contributed by atoms with Gasteiger partial charge in [-0.2, -0.15) is 9.37 Å². The minimum atomic E-state index is -0.808. The number of hydrogen-bond acceptors (Lipinski definition) is 4. The molecular weight excluding hydrogens is 167 g/mol. The minimum Gasteiger partial charge on any atom is -0.476 e. The van der Waals surface area contributed by atoms with Crippen LogP contribution in [0, 0.1) is 16.1 Å². The number of methoxy groups -OCH3 is 1. The van der Waals surface area contributed by atoms with Gasteiger partial charge >= 0.3 is 5.69 Å². The molecule has 0 aromatic carbocycles. The van der Waals surface area contributed by atoms with E-state index in [9.17, 15) is 14.5 Å². The van der Waals surface area contributed by atoms with E-state index in [0.717, 1.165) is 12.1 Å². The number of rotatable bonds is 2. The van der Waals surface area contributed by atoms with Crippen molar-refractivity contribution in [1.29, 1.82) is 0 Å². The van der Waals surface area contributed by atoms with Crippen LogP contribution in [0.3, 0.4) is 0 Å². The van der Waals surface area contributed by atoms with Gasteiger partial charge in [0.2, 0.25) is 5.95 Å². The molecule has 0 saturated carbocycles. The lowest BCUT2D eigenvalue weighted by molar-refractivity contribution is -0.386. The Balaban J connectivity index is 3.20. The van der Waals surface area contributed by atoms with Crippen molar-refractivity contribution in [3.05, 3.63) is 28.2 Å². The van der Waals surface area contributed by atoms with Crippen molar-refractivity contribution in [1.82, 2.24) is 4.98 Å². The van der Waals surface area contributed by atoms with E-state index >= 15 is 0 Å². The third-order valence-electron chi connectivity index (χ3n) is 1.20. The minimum absolute atomic E-state index is 0.319. The summed E-state index contributed by atoms with van der Waals surface area (Å²) in [5, 5.41) is 10.3. The second-order valence-corrected chi connectivity index (χ2v) is 1.92. The molecule has 0 unspecified atom stereocenters. The van der Waals surface area contributed by atoms with Crippen molar-refractivity contribution in [2.45, 2.75) is 0 Å². The quantitative estimate of drug-likeness (QED) is 0.381. The van der Waals surface area contributed by atoms with Crippen LogP contribution >= 0.6 is 0 Å². The lowest BCUT2D eigenvalue weighted by atomic mass is 10.4. The predicted molar refractivity (Wildman–Crippen MR) is 37.4 cm³/mol. The maximum Gasteiger partial charge on any atom is 0.331 e. The number of nitrogens with zero attached hydrogens (tertiary/aromatic N) is 2. The lowest BCUT2D eigenvalue weighted by Gasteiger charge is -1.98. The molecule has 0 amide bonds. The Morgan fingerprint density at radius 1 is 1.67 bits per heavy atom. The Labute approximate surface area is 66.9 Å². The standard InChI is InChI=1S/C6H5FN2O3/c1-12-6-4(9(10)11)2-3-5(7)8-6/h2-3H,1H3. The van der Waals surface area contributed by atoms with E-state index in [0.29, 0.717) is 0 Å². The van der Waals surface area contributed by atoms with Crippen molar-refractivity contribution < 1.29 is 14.1 Å². The van der Waals surface area contributed by atoms with Gasteiger partial charge < -0.3 is 4.74 Å². The van der Waals surface area contributed by atoms with Crippen molar-refractivity contribution in [2.75, 3.05) is 7.11 Å². The summed E-state index contributed by atoms with van der Waals surface area (Å²) < 4.78 is 16.9. The fourth-order valence-corrected chi connectivity index (χ4v) is 0.700. The highest BCUT2D eigenvalue weighted by atomic mass is 19.1. The van der Waals surface area contributed by atoms with Crippen LogP contribution in [-0.2, 0) is 0 Å². The fourth-order valence-electron chi connectivity index (χ4n) is 0.700. The summed E-state index contributed by atoms with van der Waals surface area (Å²) in [6.07, 6.45) is 0. The maximum atomic E-state index is 12.4. The van der Waals surface area contributed by atoms with E-state index in [-0.39, 0.29) is 11.6 Å². The van der Waals surface area contributed by atoms with Crippen molar-refractivity contribution in [2.24, 2.45) is 0 Å². The van der Waals surface area contributed by atoms with Gasteiger partial charge in [-0.05, 0) is 0 Å². The van der Waals surface area contributed by atoms with Gasteiger partial charge in [0.05, 0.1) is 12.0 Å². The van der Waals surface area contributed by atoms with Crippen LogP contribution in [0.2, 0.25) is 0 Å². The van der Waals surface area contributed by atoms with Crippen LogP contribution in [0.4, 0.5) is 10.1 Å². The van der Waals surface area contributed by atoms with Crippen LogP contribution in [0.15, 0.2) is 12.1 Å². The molecule has 6 heteroatoms. The van der Waals surface area contributed by atoms with Crippen LogP contribution in [0.1, 0.15) is 0 Å². The molecule has 0 atom stereocenters. The first-order valence-electron chi connectivity index (χ1n) is 3.00.